The van der Waals surface area contributed by atoms with E-state index in [0.29, 0.717) is 10.5 Å². The van der Waals surface area contributed by atoms with Crippen LogP contribution in [-0.4, -0.2) is 44.7 Å². The number of ketones is 1. The minimum Gasteiger partial charge on any atom is -0.293 e. The molecule has 1 unspecified atom stereocenters. The number of nitro groups is 1. The van der Waals surface area contributed by atoms with E-state index in [0.717, 1.165) is 18.2 Å². The van der Waals surface area contributed by atoms with E-state index in [-0.39, 0.29) is 16.7 Å². The van der Waals surface area contributed by atoms with E-state index in [1.165, 1.54) is 12.1 Å². The maximum Gasteiger partial charge on any atom is 0.442 e. The molecule has 2 amide bonds. The number of fused-ring (bicyclic) bond motifs is 1. The van der Waals surface area contributed by atoms with Crippen LogP contribution in [0.1, 0.15) is 36.6 Å². The Kier molecular flexibility index (Phi) is 5.66. The summed E-state index contributed by atoms with van der Waals surface area (Å²) in [5.41, 5.74) is -5.17. The van der Waals surface area contributed by atoms with Gasteiger partial charge in [0, 0.05) is 24.2 Å². The average Bonchev–Trinajstić information content (AvgIpc) is 2.90. The number of carbonyl (C=O) groups is 3. The summed E-state index contributed by atoms with van der Waals surface area (Å²) in [5, 5.41) is 9.12. The molecule has 1 heterocycles. The van der Waals surface area contributed by atoms with Crippen molar-refractivity contribution >= 4 is 35.0 Å². The SMILES string of the molecule is Cc1ccccc1C(=O)C(CN1C(=O)c2ccc([N+](=O)[O-])cc2C1=O)SC(F)(F)F. The number of benzene rings is 2. The molecule has 0 saturated carbocycles. The summed E-state index contributed by atoms with van der Waals surface area (Å²) in [6, 6.07) is 9.03. The standard InChI is InChI=1S/C19H13F3N2O5S/c1-10-4-2-3-5-12(10)16(25)15(30-19(20,21)22)9-23-17(26)13-7-6-11(24(28)29)8-14(13)18(23)27/h2-8,15H,9H2,1H3. The predicted molar refractivity (Wildman–Crippen MR) is 101 cm³/mol. The van der Waals surface area contributed by atoms with Gasteiger partial charge in [0.25, 0.3) is 17.5 Å². The van der Waals surface area contributed by atoms with Crippen LogP contribution in [0.2, 0.25) is 0 Å². The average molecular weight is 438 g/mol. The molecule has 7 nitrogen and oxygen atoms in total. The van der Waals surface area contributed by atoms with E-state index in [4.69, 9.17) is 0 Å². The lowest BCUT2D eigenvalue weighted by Gasteiger charge is -2.22. The fraction of sp³-hybridized carbons (Fsp3) is 0.211. The van der Waals surface area contributed by atoms with Gasteiger partial charge >= 0.3 is 5.51 Å². The molecule has 11 heteroatoms. The van der Waals surface area contributed by atoms with E-state index in [1.807, 2.05) is 0 Å². The van der Waals surface area contributed by atoms with Gasteiger partial charge in [0.15, 0.2) is 5.78 Å². The van der Waals surface area contributed by atoms with Gasteiger partial charge in [-0.15, -0.1) is 0 Å². The van der Waals surface area contributed by atoms with Gasteiger partial charge in [-0.3, -0.25) is 29.4 Å². The first-order valence-corrected chi connectivity index (χ1v) is 9.36. The van der Waals surface area contributed by atoms with Crippen LogP contribution in [0.3, 0.4) is 0 Å². The molecule has 0 aliphatic carbocycles. The Morgan fingerprint density at radius 3 is 2.37 bits per heavy atom. The predicted octanol–water partition coefficient (Wildman–Crippen LogP) is 4.00. The fourth-order valence-electron chi connectivity index (χ4n) is 3.08. The van der Waals surface area contributed by atoms with E-state index >= 15 is 0 Å². The van der Waals surface area contributed by atoms with Crippen molar-refractivity contribution in [3.05, 3.63) is 74.8 Å². The highest BCUT2D eigenvalue weighted by molar-refractivity contribution is 8.01. The van der Waals surface area contributed by atoms with E-state index < -0.39 is 57.3 Å². The second kappa shape index (κ2) is 7.90. The minimum atomic E-state index is -4.79. The van der Waals surface area contributed by atoms with Crippen molar-refractivity contribution < 1.29 is 32.5 Å². The molecule has 2 aromatic carbocycles. The van der Waals surface area contributed by atoms with Gasteiger partial charge in [0.2, 0.25) is 0 Å². The van der Waals surface area contributed by atoms with Crippen molar-refractivity contribution in [2.45, 2.75) is 17.7 Å². The van der Waals surface area contributed by atoms with Gasteiger partial charge in [-0.1, -0.05) is 24.3 Å². The molecule has 2 aromatic rings. The Balaban J connectivity index is 1.94. The highest BCUT2D eigenvalue weighted by atomic mass is 32.2. The number of hydrogen-bond acceptors (Lipinski definition) is 6. The van der Waals surface area contributed by atoms with Crippen LogP contribution in [0.4, 0.5) is 18.9 Å². The van der Waals surface area contributed by atoms with Crippen LogP contribution in [0.25, 0.3) is 0 Å². The zero-order valence-corrected chi connectivity index (χ0v) is 16.1. The van der Waals surface area contributed by atoms with Gasteiger partial charge in [0.1, 0.15) is 0 Å². The monoisotopic (exact) mass is 438 g/mol. The third-order valence-corrected chi connectivity index (χ3v) is 5.41. The Morgan fingerprint density at radius 1 is 1.13 bits per heavy atom. The van der Waals surface area contributed by atoms with E-state index in [1.54, 1.807) is 19.1 Å². The number of imide groups is 1. The highest BCUT2D eigenvalue weighted by Gasteiger charge is 2.43. The number of rotatable bonds is 6. The van der Waals surface area contributed by atoms with E-state index in [9.17, 15) is 37.7 Å². The Labute approximate surface area is 172 Å². The number of nitrogens with zero attached hydrogens (tertiary/aromatic N) is 2. The molecule has 1 aliphatic heterocycles. The normalized spacial score (nSPS) is 14.6. The van der Waals surface area contributed by atoms with Crippen LogP contribution >= 0.6 is 11.8 Å². The number of halogens is 3. The molecule has 0 spiro atoms. The van der Waals surface area contributed by atoms with Gasteiger partial charge in [0.05, 0.1) is 21.3 Å². The zero-order chi connectivity index (χ0) is 22.2. The van der Waals surface area contributed by atoms with Crippen LogP contribution in [-0.2, 0) is 0 Å². The second-order valence-electron chi connectivity index (χ2n) is 6.44. The van der Waals surface area contributed by atoms with Crippen LogP contribution in [0.5, 0.6) is 0 Å². The minimum absolute atomic E-state index is 0.0477. The van der Waals surface area contributed by atoms with Crippen LogP contribution < -0.4 is 0 Å². The number of thioether (sulfide) groups is 1. The van der Waals surface area contributed by atoms with Crippen molar-refractivity contribution in [1.29, 1.82) is 0 Å². The van der Waals surface area contributed by atoms with E-state index in [2.05, 4.69) is 0 Å². The van der Waals surface area contributed by atoms with Gasteiger partial charge in [-0.25, -0.2) is 0 Å². The Morgan fingerprint density at radius 2 is 1.77 bits per heavy atom. The molecule has 1 aliphatic rings. The quantitative estimate of drug-likeness (QED) is 0.293. The molecule has 0 N–H and O–H groups in total. The summed E-state index contributed by atoms with van der Waals surface area (Å²) in [6.45, 7) is 0.737. The number of amides is 2. The number of alkyl halides is 3. The number of nitro benzene ring substituents is 1. The number of hydrogen-bond donors (Lipinski definition) is 0. The first kappa shape index (κ1) is 21.5. The zero-order valence-electron chi connectivity index (χ0n) is 15.3. The first-order chi connectivity index (χ1) is 14.0. The number of non-ortho nitro benzene ring substituents is 1. The molecule has 0 fully saturated rings. The van der Waals surface area contributed by atoms with Crippen LogP contribution in [0, 0.1) is 17.0 Å². The molecular formula is C19H13F3N2O5S. The van der Waals surface area contributed by atoms with Crippen LogP contribution in [0.15, 0.2) is 42.5 Å². The van der Waals surface area contributed by atoms with Crippen molar-refractivity contribution in [3.63, 3.8) is 0 Å². The summed E-state index contributed by atoms with van der Waals surface area (Å²) in [5.74, 6) is -2.77. The number of Topliss-reactive ketones (excluding diaryl/α,β-unsaturated/α-hetero) is 1. The smallest absolute Gasteiger partial charge is 0.293 e. The van der Waals surface area contributed by atoms with Crippen molar-refractivity contribution in [2.75, 3.05) is 6.54 Å². The first-order valence-electron chi connectivity index (χ1n) is 8.48. The third kappa shape index (κ3) is 4.20. The molecular weight excluding hydrogens is 425 g/mol. The topological polar surface area (TPSA) is 97.6 Å². The second-order valence-corrected chi connectivity index (χ2v) is 7.71. The maximum absolute atomic E-state index is 13.1. The summed E-state index contributed by atoms with van der Waals surface area (Å²) in [4.78, 5) is 48.6. The fourth-order valence-corrected chi connectivity index (χ4v) is 3.86. The lowest BCUT2D eigenvalue weighted by Crippen LogP contribution is -2.40. The molecule has 30 heavy (non-hydrogen) atoms. The van der Waals surface area contributed by atoms with Gasteiger partial charge in [-0.05, 0) is 30.3 Å². The molecule has 156 valence electrons. The highest BCUT2D eigenvalue weighted by Crippen LogP contribution is 2.37. The molecule has 0 saturated heterocycles. The lowest BCUT2D eigenvalue weighted by atomic mass is 10.0. The van der Waals surface area contributed by atoms with Gasteiger partial charge in [-0.2, -0.15) is 13.2 Å². The Hall–Kier alpha value is -3.21. The molecule has 1 atom stereocenters. The molecule has 0 aromatic heterocycles. The lowest BCUT2D eigenvalue weighted by molar-refractivity contribution is -0.384. The van der Waals surface area contributed by atoms with Crippen molar-refractivity contribution in [2.24, 2.45) is 0 Å². The number of aryl methyl sites for hydroxylation is 1. The summed E-state index contributed by atoms with van der Waals surface area (Å²) in [6.07, 6.45) is 0. The van der Waals surface area contributed by atoms with Crippen molar-refractivity contribution in [3.8, 4) is 0 Å². The summed E-state index contributed by atoms with van der Waals surface area (Å²) >= 11 is -0.613. The maximum atomic E-state index is 13.1. The summed E-state index contributed by atoms with van der Waals surface area (Å²) < 4.78 is 39.3. The molecule has 0 radical (unpaired) electrons. The Bertz CT molecular complexity index is 1070. The number of carbonyl (C=O) groups excluding carboxylic acids is 3. The third-order valence-electron chi connectivity index (χ3n) is 4.49. The summed E-state index contributed by atoms with van der Waals surface area (Å²) in [7, 11) is 0. The van der Waals surface area contributed by atoms with Gasteiger partial charge < -0.3 is 0 Å². The molecule has 0 bridgehead atoms. The molecule has 3 rings (SSSR count). The van der Waals surface area contributed by atoms with Crippen molar-refractivity contribution in [1.82, 2.24) is 4.90 Å². The largest absolute Gasteiger partial charge is 0.442 e.